The number of ketones is 1. The predicted molar refractivity (Wildman–Crippen MR) is 151 cm³/mol. The number of rotatable bonds is 4. The van der Waals surface area contributed by atoms with Crippen molar-refractivity contribution >= 4 is 50.7 Å². The van der Waals surface area contributed by atoms with Gasteiger partial charge in [0.25, 0.3) is 0 Å². The van der Waals surface area contributed by atoms with Gasteiger partial charge in [-0.05, 0) is 61.2 Å². The summed E-state index contributed by atoms with van der Waals surface area (Å²) >= 11 is 3.51. The molecule has 198 valence electrons. The highest BCUT2D eigenvalue weighted by Crippen LogP contribution is 2.57. The lowest BCUT2D eigenvalue weighted by molar-refractivity contribution is -0.140. The summed E-state index contributed by atoms with van der Waals surface area (Å²) in [6, 6.07) is 13.0. The van der Waals surface area contributed by atoms with E-state index in [1.54, 1.807) is 30.0 Å². The number of nitrogens with one attached hydrogen (secondary N) is 1. The zero-order valence-electron chi connectivity index (χ0n) is 22.1. The van der Waals surface area contributed by atoms with E-state index in [0.717, 1.165) is 5.69 Å². The summed E-state index contributed by atoms with van der Waals surface area (Å²) in [4.78, 5) is 45.6. The molecule has 0 aromatic heterocycles. The van der Waals surface area contributed by atoms with Crippen LogP contribution < -0.4 is 20.9 Å². The molecule has 1 spiro atoms. The van der Waals surface area contributed by atoms with E-state index in [9.17, 15) is 14.4 Å². The van der Waals surface area contributed by atoms with Crippen LogP contribution in [0.25, 0.3) is 0 Å². The molecule has 2 aliphatic heterocycles. The number of hydrogen-bond acceptors (Lipinski definition) is 7. The number of esters is 1. The molecule has 1 aliphatic carbocycles. The summed E-state index contributed by atoms with van der Waals surface area (Å²) < 4.78 is 6.20. The highest BCUT2D eigenvalue weighted by atomic mass is 79.9. The smallest absolute Gasteiger partial charge is 0.339 e. The van der Waals surface area contributed by atoms with E-state index in [1.807, 2.05) is 57.1 Å². The Hall–Kier alpha value is -3.59. The minimum Gasteiger partial charge on any atom is -0.462 e. The summed E-state index contributed by atoms with van der Waals surface area (Å²) in [7, 11) is 3.90. The van der Waals surface area contributed by atoms with Gasteiger partial charge >= 0.3 is 5.97 Å². The van der Waals surface area contributed by atoms with Gasteiger partial charge in [0.2, 0.25) is 5.91 Å². The largest absolute Gasteiger partial charge is 0.462 e. The third kappa shape index (κ3) is 3.74. The Morgan fingerprint density at radius 1 is 1.13 bits per heavy atom. The van der Waals surface area contributed by atoms with Gasteiger partial charge in [-0.1, -0.05) is 29.8 Å². The molecule has 8 nitrogen and oxygen atoms in total. The minimum absolute atomic E-state index is 0.0443. The van der Waals surface area contributed by atoms with Gasteiger partial charge in [0, 0.05) is 58.9 Å². The molecule has 3 N–H and O–H groups in total. The number of amides is 1. The first-order chi connectivity index (χ1) is 17.9. The second-order valence-corrected chi connectivity index (χ2v) is 11.8. The molecular weight excluding hydrogens is 548 g/mol. The van der Waals surface area contributed by atoms with Crippen LogP contribution in [0, 0.1) is 5.41 Å². The molecule has 2 heterocycles. The maximum atomic E-state index is 14.1. The van der Waals surface area contributed by atoms with Crippen LogP contribution in [0.4, 0.5) is 17.1 Å². The first-order valence-electron chi connectivity index (χ1n) is 12.6. The lowest BCUT2D eigenvalue weighted by Crippen LogP contribution is -2.54. The summed E-state index contributed by atoms with van der Waals surface area (Å²) in [5, 5.41) is 2.91. The predicted octanol–water partition coefficient (Wildman–Crippen LogP) is 4.60. The number of anilines is 3. The number of halogens is 1. The first-order valence-corrected chi connectivity index (χ1v) is 13.3. The van der Waals surface area contributed by atoms with Crippen LogP contribution in [0.5, 0.6) is 0 Å². The van der Waals surface area contributed by atoms with Gasteiger partial charge in [-0.2, -0.15) is 0 Å². The molecule has 0 saturated heterocycles. The summed E-state index contributed by atoms with van der Waals surface area (Å²) in [6.45, 7) is 5.83. The second-order valence-electron chi connectivity index (χ2n) is 10.9. The number of Topliss-reactive ketones (excluding diaryl/α,β-unsaturated/α-hetero) is 1. The normalized spacial score (nSPS) is 21.9. The molecule has 2 aromatic carbocycles. The fourth-order valence-electron chi connectivity index (χ4n) is 5.91. The average Bonchev–Trinajstić information content (AvgIpc) is 3.10. The van der Waals surface area contributed by atoms with Gasteiger partial charge in [-0.15, -0.1) is 0 Å². The molecule has 2 aromatic rings. The molecule has 3 aliphatic rings. The molecule has 5 rings (SSSR count). The maximum Gasteiger partial charge on any atom is 0.339 e. The number of nitrogens with two attached hydrogens (primary N) is 1. The van der Waals surface area contributed by atoms with Gasteiger partial charge in [0.15, 0.2) is 5.78 Å². The monoisotopic (exact) mass is 578 g/mol. The van der Waals surface area contributed by atoms with E-state index in [1.165, 1.54) is 0 Å². The van der Waals surface area contributed by atoms with Gasteiger partial charge < -0.3 is 20.7 Å². The summed E-state index contributed by atoms with van der Waals surface area (Å²) in [6.07, 6.45) is 0.715. The van der Waals surface area contributed by atoms with Crippen molar-refractivity contribution in [3.63, 3.8) is 0 Å². The molecular formula is C29H31BrN4O4. The number of fused-ring (bicyclic) bond motifs is 3. The van der Waals surface area contributed by atoms with Crippen molar-refractivity contribution in [2.45, 2.75) is 39.0 Å². The molecule has 1 atom stereocenters. The number of carbonyl (C=O) groups is 3. The van der Waals surface area contributed by atoms with E-state index in [2.05, 4.69) is 21.2 Å². The highest BCUT2D eigenvalue weighted by molar-refractivity contribution is 9.10. The lowest BCUT2D eigenvalue weighted by atomic mass is 9.60. The zero-order chi connectivity index (χ0) is 27.6. The standard InChI is InChI=1S/C29H31BrN4O4/c1-6-38-26(36)24-25(31)34(18-10-8-17(9-11-18)33(4)5)21-14-28(2,3)15-22(35)23(21)29(24)19-13-16(30)7-12-20(19)32-27(29)37/h7-13H,6,14-15,31H2,1-5H3,(H,32,37). The van der Waals surface area contributed by atoms with E-state index in [4.69, 9.17) is 10.5 Å². The lowest BCUT2D eigenvalue weighted by Gasteiger charge is -2.47. The van der Waals surface area contributed by atoms with Crippen LogP contribution in [0.3, 0.4) is 0 Å². The van der Waals surface area contributed by atoms with Crippen LogP contribution >= 0.6 is 15.9 Å². The number of carbonyl (C=O) groups excluding carboxylic acids is 3. The fraction of sp³-hybridized carbons (Fsp3) is 0.345. The number of ether oxygens (including phenoxy) is 1. The third-order valence-corrected chi connectivity index (χ3v) is 7.94. The number of nitrogens with zero attached hydrogens (tertiary/aromatic N) is 2. The average molecular weight is 579 g/mol. The van der Waals surface area contributed by atoms with Crippen molar-refractivity contribution in [2.24, 2.45) is 11.1 Å². The molecule has 9 heteroatoms. The van der Waals surface area contributed by atoms with Crippen molar-refractivity contribution < 1.29 is 19.1 Å². The molecule has 1 amide bonds. The van der Waals surface area contributed by atoms with Gasteiger partial charge in [-0.3, -0.25) is 14.5 Å². The van der Waals surface area contributed by atoms with E-state index in [0.29, 0.717) is 33.5 Å². The van der Waals surface area contributed by atoms with E-state index >= 15 is 0 Å². The van der Waals surface area contributed by atoms with Crippen molar-refractivity contribution in [3.05, 3.63) is 75.2 Å². The van der Waals surface area contributed by atoms with Crippen molar-refractivity contribution in [1.82, 2.24) is 0 Å². The molecule has 38 heavy (non-hydrogen) atoms. The molecule has 0 bridgehead atoms. The van der Waals surface area contributed by atoms with Crippen LogP contribution in [0.2, 0.25) is 0 Å². The Balaban J connectivity index is 1.89. The molecule has 0 saturated carbocycles. The number of allylic oxidation sites excluding steroid dienone is 1. The topological polar surface area (TPSA) is 105 Å². The SMILES string of the molecule is CCOC(=O)C1=C(N)N(c2ccc(N(C)C)cc2)C2=C(C(=O)CC(C)(C)C2)C12C(=O)Nc1ccc(Br)cc12. The maximum absolute atomic E-state index is 14.1. The van der Waals surface area contributed by atoms with Crippen LogP contribution in [0.15, 0.2) is 69.6 Å². The van der Waals surface area contributed by atoms with Crippen LogP contribution in [-0.4, -0.2) is 38.4 Å². The Morgan fingerprint density at radius 2 is 1.82 bits per heavy atom. The van der Waals surface area contributed by atoms with Gasteiger partial charge in [0.1, 0.15) is 16.8 Å². The summed E-state index contributed by atoms with van der Waals surface area (Å²) in [5.41, 5.74) is 8.36. The minimum atomic E-state index is -1.72. The number of hydrogen-bond donors (Lipinski definition) is 2. The fourth-order valence-corrected chi connectivity index (χ4v) is 6.27. The van der Waals surface area contributed by atoms with Gasteiger partial charge in [-0.25, -0.2) is 4.79 Å². The zero-order valence-corrected chi connectivity index (χ0v) is 23.7. The van der Waals surface area contributed by atoms with Gasteiger partial charge in [0.05, 0.1) is 6.61 Å². The Bertz CT molecular complexity index is 1440. The van der Waals surface area contributed by atoms with Crippen molar-refractivity contribution in [2.75, 3.05) is 35.8 Å². The van der Waals surface area contributed by atoms with Crippen LogP contribution in [0.1, 0.15) is 39.2 Å². The second kappa shape index (κ2) is 9.01. The highest BCUT2D eigenvalue weighted by Gasteiger charge is 2.63. The van der Waals surface area contributed by atoms with Crippen molar-refractivity contribution in [3.8, 4) is 0 Å². The van der Waals surface area contributed by atoms with Crippen LogP contribution in [-0.2, 0) is 24.5 Å². The third-order valence-electron chi connectivity index (χ3n) is 7.45. The summed E-state index contributed by atoms with van der Waals surface area (Å²) in [5.74, 6) is -1.33. The van der Waals surface area contributed by atoms with E-state index in [-0.39, 0.29) is 41.2 Å². The Labute approximate surface area is 230 Å². The Morgan fingerprint density at radius 3 is 2.45 bits per heavy atom. The first kappa shape index (κ1) is 26.0. The molecule has 1 unspecified atom stereocenters. The molecule has 0 radical (unpaired) electrons. The quantitative estimate of drug-likeness (QED) is 0.511. The van der Waals surface area contributed by atoms with E-state index < -0.39 is 17.3 Å². The molecule has 0 fully saturated rings. The Kier molecular flexibility index (Phi) is 6.17. The number of benzene rings is 2. The van der Waals surface area contributed by atoms with Crippen molar-refractivity contribution in [1.29, 1.82) is 0 Å².